The Balaban J connectivity index is 0.881. The van der Waals surface area contributed by atoms with Gasteiger partial charge in [-0.25, -0.2) is 0 Å². The second kappa shape index (κ2) is 16.7. The van der Waals surface area contributed by atoms with Crippen LogP contribution in [-0.2, 0) is 0 Å². The lowest BCUT2D eigenvalue weighted by atomic mass is 9.96. The van der Waals surface area contributed by atoms with Crippen LogP contribution in [0.3, 0.4) is 0 Å². The van der Waals surface area contributed by atoms with Crippen molar-refractivity contribution in [1.82, 2.24) is 4.57 Å². The number of aromatic nitrogens is 1. The van der Waals surface area contributed by atoms with Crippen molar-refractivity contribution in [3.8, 4) is 50.2 Å². The lowest BCUT2D eigenvalue weighted by molar-refractivity contribution is 0.670. The van der Waals surface area contributed by atoms with Crippen molar-refractivity contribution in [3.05, 3.63) is 267 Å². The third-order valence-corrected chi connectivity index (χ3v) is 14.4. The van der Waals surface area contributed by atoms with Gasteiger partial charge in [-0.2, -0.15) is 0 Å². The first kappa shape index (κ1) is 40.6. The summed E-state index contributed by atoms with van der Waals surface area (Å²) in [6.45, 7) is 0. The first-order chi connectivity index (χ1) is 35.2. The fourth-order valence-electron chi connectivity index (χ4n) is 11.0. The van der Waals surface area contributed by atoms with Crippen molar-refractivity contribution in [2.45, 2.75) is 0 Å². The van der Waals surface area contributed by atoms with E-state index in [1.165, 1.54) is 54.5 Å². The van der Waals surface area contributed by atoms with Gasteiger partial charge in [0, 0.05) is 49.7 Å². The number of furan rings is 1. The Morgan fingerprint density at radius 1 is 0.282 bits per heavy atom. The summed E-state index contributed by atoms with van der Waals surface area (Å²) in [6, 6.07) is 96.8. The molecule has 0 aliphatic carbocycles. The van der Waals surface area contributed by atoms with Crippen LogP contribution in [0.2, 0.25) is 0 Å². The third-order valence-electron chi connectivity index (χ3n) is 14.4. The first-order valence-corrected chi connectivity index (χ1v) is 24.3. The fourth-order valence-corrected chi connectivity index (χ4v) is 11.0. The SMILES string of the molecule is c1cc(-c2cccc(N(c3ccc(-c4cccc5c4oc4ccccc45)cc3)c3cccc(-c4ccc5c(ccc6ccccc65)c4)c3)c2)cc(-c2ccccc2-n2c3ccccc3c3ccccc32)c1. The molecule has 0 saturated carbocycles. The van der Waals surface area contributed by atoms with Gasteiger partial charge >= 0.3 is 0 Å². The van der Waals surface area contributed by atoms with Gasteiger partial charge in [0.25, 0.3) is 0 Å². The molecule has 3 heteroatoms. The second-order valence-electron chi connectivity index (χ2n) is 18.5. The topological polar surface area (TPSA) is 21.3 Å². The summed E-state index contributed by atoms with van der Waals surface area (Å²) in [5.74, 6) is 0. The predicted molar refractivity (Wildman–Crippen MR) is 299 cm³/mol. The van der Waals surface area contributed by atoms with E-state index in [1.54, 1.807) is 0 Å². The molecule has 0 saturated heterocycles. The summed E-state index contributed by atoms with van der Waals surface area (Å²) < 4.78 is 8.92. The Bertz CT molecular complexity index is 4310. The zero-order valence-electron chi connectivity index (χ0n) is 38.7. The van der Waals surface area contributed by atoms with Crippen LogP contribution in [-0.4, -0.2) is 4.57 Å². The van der Waals surface area contributed by atoms with Gasteiger partial charge in [0.1, 0.15) is 11.2 Å². The van der Waals surface area contributed by atoms with Crippen LogP contribution in [0.4, 0.5) is 17.1 Å². The minimum absolute atomic E-state index is 0.898. The molecule has 0 fully saturated rings. The van der Waals surface area contributed by atoms with Crippen LogP contribution in [0, 0.1) is 0 Å². The molecule has 2 aromatic heterocycles. The molecular weight excluding hydrogens is 861 g/mol. The van der Waals surface area contributed by atoms with Gasteiger partial charge in [0.15, 0.2) is 0 Å². The quantitative estimate of drug-likeness (QED) is 0.142. The maximum absolute atomic E-state index is 6.50. The average molecular weight is 905 g/mol. The van der Waals surface area contributed by atoms with Gasteiger partial charge in [-0.1, -0.05) is 194 Å². The fraction of sp³-hybridized carbons (Fsp3) is 0. The Morgan fingerprint density at radius 3 is 1.56 bits per heavy atom. The van der Waals surface area contributed by atoms with E-state index < -0.39 is 0 Å². The maximum atomic E-state index is 6.50. The normalized spacial score (nSPS) is 11.7. The van der Waals surface area contributed by atoms with Crippen LogP contribution in [0.15, 0.2) is 271 Å². The van der Waals surface area contributed by atoms with Crippen LogP contribution in [0.5, 0.6) is 0 Å². The number of benzene rings is 12. The second-order valence-corrected chi connectivity index (χ2v) is 18.5. The van der Waals surface area contributed by atoms with Gasteiger partial charge in [-0.05, 0) is 128 Å². The third kappa shape index (κ3) is 6.89. The number of rotatable bonds is 8. The number of nitrogens with zero attached hydrogens (tertiary/aromatic N) is 2. The highest BCUT2D eigenvalue weighted by Crippen LogP contribution is 2.43. The molecule has 14 aromatic rings. The highest BCUT2D eigenvalue weighted by Gasteiger charge is 2.19. The molecule has 14 rings (SSSR count). The van der Waals surface area contributed by atoms with Crippen molar-refractivity contribution < 1.29 is 4.42 Å². The van der Waals surface area contributed by atoms with Crippen molar-refractivity contribution in [2.24, 2.45) is 0 Å². The van der Waals surface area contributed by atoms with E-state index >= 15 is 0 Å². The maximum Gasteiger partial charge on any atom is 0.143 e. The molecule has 2 heterocycles. The molecule has 12 aromatic carbocycles. The summed E-state index contributed by atoms with van der Waals surface area (Å²) in [5, 5.41) is 9.78. The van der Waals surface area contributed by atoms with E-state index in [0.717, 1.165) is 78.1 Å². The van der Waals surface area contributed by atoms with Crippen molar-refractivity contribution in [1.29, 1.82) is 0 Å². The average Bonchev–Trinajstić information content (AvgIpc) is 3.99. The number of anilines is 3. The highest BCUT2D eigenvalue weighted by atomic mass is 16.3. The van der Waals surface area contributed by atoms with E-state index in [2.05, 4.69) is 264 Å². The lowest BCUT2D eigenvalue weighted by Gasteiger charge is -2.27. The zero-order chi connectivity index (χ0) is 46.8. The number of para-hydroxylation sites is 5. The lowest BCUT2D eigenvalue weighted by Crippen LogP contribution is -2.10. The molecule has 0 atom stereocenters. The standard InChI is InChI=1S/C68H44N2O/c1-2-22-56-45(15-1)33-34-52-42-50(37-40-57(52)56)49-18-13-21-55(44-49)69(53-38-35-46(36-39-53)59-27-14-28-63-62-26-6-10-32-67(62)71-68(59)63)54-20-12-17-48(43-54)47-16-11-19-51(41-47)58-23-3-7-29-64(58)70-65-30-8-4-24-60(65)61-25-5-9-31-66(61)70/h1-44H. The van der Waals surface area contributed by atoms with Crippen molar-refractivity contribution in [2.75, 3.05) is 4.90 Å². The molecule has 0 N–H and O–H groups in total. The van der Waals surface area contributed by atoms with E-state index in [-0.39, 0.29) is 0 Å². The Hall–Kier alpha value is -9.44. The molecule has 3 nitrogen and oxygen atoms in total. The summed E-state index contributed by atoms with van der Waals surface area (Å²) in [4.78, 5) is 2.38. The van der Waals surface area contributed by atoms with Gasteiger partial charge in [0.2, 0.25) is 0 Å². The van der Waals surface area contributed by atoms with Crippen molar-refractivity contribution >= 4 is 82.4 Å². The minimum Gasteiger partial charge on any atom is -0.455 e. The molecule has 0 amide bonds. The van der Waals surface area contributed by atoms with Gasteiger partial charge < -0.3 is 13.9 Å². The molecule has 0 radical (unpaired) electrons. The number of fused-ring (bicyclic) bond motifs is 9. The Labute approximate surface area is 411 Å². The van der Waals surface area contributed by atoms with E-state index in [9.17, 15) is 0 Å². The molecule has 71 heavy (non-hydrogen) atoms. The van der Waals surface area contributed by atoms with Crippen LogP contribution >= 0.6 is 0 Å². The zero-order valence-corrected chi connectivity index (χ0v) is 38.7. The molecule has 0 aliphatic rings. The van der Waals surface area contributed by atoms with Gasteiger partial charge in [0.05, 0.1) is 16.7 Å². The monoisotopic (exact) mass is 904 g/mol. The summed E-state index contributed by atoms with van der Waals surface area (Å²) in [5.41, 5.74) is 17.7. The highest BCUT2D eigenvalue weighted by molar-refractivity contribution is 6.11. The molecule has 0 spiro atoms. The Morgan fingerprint density at radius 2 is 0.803 bits per heavy atom. The first-order valence-electron chi connectivity index (χ1n) is 24.3. The van der Waals surface area contributed by atoms with E-state index in [4.69, 9.17) is 4.42 Å². The molecular formula is C68H44N2O. The van der Waals surface area contributed by atoms with Gasteiger partial charge in [-0.3, -0.25) is 0 Å². The summed E-state index contributed by atoms with van der Waals surface area (Å²) in [6.07, 6.45) is 0. The largest absolute Gasteiger partial charge is 0.455 e. The molecule has 332 valence electrons. The number of hydrogen-bond donors (Lipinski definition) is 0. The van der Waals surface area contributed by atoms with Crippen molar-refractivity contribution in [3.63, 3.8) is 0 Å². The Kier molecular flexibility index (Phi) is 9.53. The van der Waals surface area contributed by atoms with Crippen LogP contribution in [0.25, 0.3) is 115 Å². The van der Waals surface area contributed by atoms with Crippen LogP contribution < -0.4 is 4.90 Å². The molecule has 0 bridgehead atoms. The van der Waals surface area contributed by atoms with E-state index in [0.29, 0.717) is 0 Å². The molecule has 0 aliphatic heterocycles. The summed E-state index contributed by atoms with van der Waals surface area (Å²) >= 11 is 0. The smallest absolute Gasteiger partial charge is 0.143 e. The van der Waals surface area contributed by atoms with Gasteiger partial charge in [-0.15, -0.1) is 0 Å². The minimum atomic E-state index is 0.898. The predicted octanol–water partition coefficient (Wildman–Crippen LogP) is 19.1. The van der Waals surface area contributed by atoms with Crippen LogP contribution in [0.1, 0.15) is 0 Å². The van der Waals surface area contributed by atoms with E-state index in [1.807, 2.05) is 12.1 Å². The summed E-state index contributed by atoms with van der Waals surface area (Å²) in [7, 11) is 0. The molecule has 0 unspecified atom stereocenters. The number of hydrogen-bond acceptors (Lipinski definition) is 2.